The van der Waals surface area contributed by atoms with E-state index in [1.54, 1.807) is 0 Å². The van der Waals surface area contributed by atoms with Crippen LogP contribution < -0.4 is 0 Å². The van der Waals surface area contributed by atoms with E-state index in [-0.39, 0.29) is 21.3 Å². The van der Waals surface area contributed by atoms with E-state index in [4.69, 9.17) is 23.2 Å². The Balaban J connectivity index is 3.44. The molecule has 0 aliphatic rings. The fourth-order valence-electron chi connectivity index (χ4n) is 0.776. The largest absolute Gasteiger partial charge is 0.288 e. The third kappa shape index (κ3) is 1.79. The fraction of sp³-hybridized carbons (Fsp3) is 0. The Morgan fingerprint density at radius 2 is 2.00 bits per heavy atom. The summed E-state index contributed by atoms with van der Waals surface area (Å²) in [7, 11) is 0. The Bertz CT molecular complexity index is 378. The molecule has 0 saturated heterocycles. The van der Waals surface area contributed by atoms with Gasteiger partial charge < -0.3 is 0 Å². The monoisotopic (exact) mass is 218 g/mol. The molecule has 1 rings (SSSR count). The van der Waals surface area contributed by atoms with Gasteiger partial charge in [0.1, 0.15) is 5.02 Å². The topological polar surface area (TPSA) is 60.2 Å². The molecule has 0 bridgehead atoms. The summed E-state index contributed by atoms with van der Waals surface area (Å²) in [6.07, 6.45) is 1.44. The van der Waals surface area contributed by atoms with Crippen LogP contribution >= 0.6 is 23.2 Å². The number of benzene rings is 1. The highest BCUT2D eigenvalue weighted by atomic mass is 35.5. The Labute approximate surface area is 83.2 Å². The summed E-state index contributed by atoms with van der Waals surface area (Å²) in [5.74, 6) is 0. The molecule has 4 nitrogen and oxygen atoms in total. The highest BCUT2D eigenvalue weighted by molar-refractivity contribution is 6.39. The second kappa shape index (κ2) is 3.72. The minimum Gasteiger partial charge on any atom is -0.285 e. The Morgan fingerprint density at radius 3 is 2.46 bits per heavy atom. The van der Waals surface area contributed by atoms with E-state index in [1.165, 1.54) is 12.4 Å². The first-order valence-corrected chi connectivity index (χ1v) is 3.84. The van der Waals surface area contributed by atoms with Gasteiger partial charge in [-0.2, -0.15) is 0 Å². The molecule has 1 aromatic rings. The highest BCUT2D eigenvalue weighted by Gasteiger charge is 2.18. The van der Waals surface area contributed by atoms with Crippen LogP contribution in [0.4, 0.5) is 5.69 Å². The molecule has 0 unspecified atom stereocenters. The Kier molecular flexibility index (Phi) is 2.85. The number of nitro groups is 1. The zero-order valence-corrected chi connectivity index (χ0v) is 7.59. The lowest BCUT2D eigenvalue weighted by Gasteiger charge is -1.98. The molecule has 0 aliphatic heterocycles. The SMILES string of the molecule is O=[C]c1c(Cl)ccc([N+](=O)[O-])c1Cl. The van der Waals surface area contributed by atoms with Gasteiger partial charge in [0.05, 0.1) is 15.5 Å². The van der Waals surface area contributed by atoms with Crippen LogP contribution in [0.25, 0.3) is 0 Å². The minimum absolute atomic E-state index is 0.0469. The number of carbonyl (C=O) groups excluding carboxylic acids is 1. The molecule has 0 N–H and O–H groups in total. The van der Waals surface area contributed by atoms with E-state index in [9.17, 15) is 14.9 Å². The number of nitro benzene ring substituents is 1. The minimum atomic E-state index is -0.695. The van der Waals surface area contributed by atoms with Gasteiger partial charge in [0, 0.05) is 6.07 Å². The van der Waals surface area contributed by atoms with Gasteiger partial charge in [0.2, 0.25) is 6.29 Å². The Hall–Kier alpha value is -1.13. The van der Waals surface area contributed by atoms with Crippen LogP contribution in [0.2, 0.25) is 10.0 Å². The Morgan fingerprint density at radius 1 is 1.38 bits per heavy atom. The van der Waals surface area contributed by atoms with Crippen molar-refractivity contribution in [3.63, 3.8) is 0 Å². The number of rotatable bonds is 2. The molecule has 0 aliphatic carbocycles. The lowest BCUT2D eigenvalue weighted by atomic mass is 10.2. The summed E-state index contributed by atoms with van der Waals surface area (Å²) in [5.41, 5.74) is -0.540. The first kappa shape index (κ1) is 9.95. The maximum atomic E-state index is 10.3. The van der Waals surface area contributed by atoms with E-state index in [1.807, 2.05) is 0 Å². The molecule has 1 radical (unpaired) electrons. The molecule has 0 amide bonds. The predicted octanol–water partition coefficient (Wildman–Crippen LogP) is 2.36. The van der Waals surface area contributed by atoms with Crippen LogP contribution in [0, 0.1) is 10.1 Å². The molecule has 6 heteroatoms. The quantitative estimate of drug-likeness (QED) is 0.566. The molecule has 0 aromatic heterocycles. The second-order valence-electron chi connectivity index (χ2n) is 2.11. The first-order chi connectivity index (χ1) is 6.07. The van der Waals surface area contributed by atoms with Crippen LogP contribution in [0.5, 0.6) is 0 Å². The third-order valence-corrected chi connectivity index (χ3v) is 2.07. The molecule has 1 aromatic carbocycles. The second-order valence-corrected chi connectivity index (χ2v) is 2.90. The van der Waals surface area contributed by atoms with Gasteiger partial charge >= 0.3 is 0 Å². The zero-order valence-electron chi connectivity index (χ0n) is 6.08. The average molecular weight is 219 g/mol. The molecule has 0 atom stereocenters. The number of hydrogen-bond donors (Lipinski definition) is 0. The van der Waals surface area contributed by atoms with Crippen molar-refractivity contribution in [2.24, 2.45) is 0 Å². The third-order valence-electron chi connectivity index (χ3n) is 1.37. The first-order valence-electron chi connectivity index (χ1n) is 3.08. The van der Waals surface area contributed by atoms with Gasteiger partial charge in [-0.1, -0.05) is 23.2 Å². The van der Waals surface area contributed by atoms with Gasteiger partial charge in [-0.15, -0.1) is 0 Å². The standard InChI is InChI=1S/C7H2Cl2NO3/c8-5-1-2-6(10(12)13)7(9)4(5)3-11/h1-2H. The van der Waals surface area contributed by atoms with Crippen molar-refractivity contribution in [3.05, 3.63) is 37.9 Å². The van der Waals surface area contributed by atoms with Crippen molar-refractivity contribution in [2.45, 2.75) is 0 Å². The van der Waals surface area contributed by atoms with Crippen molar-refractivity contribution in [1.29, 1.82) is 0 Å². The summed E-state index contributed by atoms with van der Waals surface area (Å²) in [5, 5.41) is 10.1. The van der Waals surface area contributed by atoms with Crippen molar-refractivity contribution >= 4 is 35.2 Å². The van der Waals surface area contributed by atoms with Crippen LogP contribution in [0.3, 0.4) is 0 Å². The van der Waals surface area contributed by atoms with Crippen molar-refractivity contribution < 1.29 is 9.72 Å². The summed E-state index contributed by atoms with van der Waals surface area (Å²) in [6.45, 7) is 0. The molecular formula is C7H2Cl2NO3. The van der Waals surface area contributed by atoms with Gasteiger partial charge in [0.25, 0.3) is 5.69 Å². The van der Waals surface area contributed by atoms with Crippen molar-refractivity contribution in [2.75, 3.05) is 0 Å². The lowest BCUT2D eigenvalue weighted by Crippen LogP contribution is -1.93. The van der Waals surface area contributed by atoms with Crippen LogP contribution in [-0.4, -0.2) is 11.2 Å². The molecule has 0 spiro atoms. The maximum absolute atomic E-state index is 10.3. The average Bonchev–Trinajstić information content (AvgIpc) is 2.04. The maximum Gasteiger partial charge on any atom is 0.288 e. The highest BCUT2D eigenvalue weighted by Crippen LogP contribution is 2.31. The normalized spacial score (nSPS) is 9.69. The van der Waals surface area contributed by atoms with Gasteiger partial charge in [-0.25, -0.2) is 0 Å². The summed E-state index contributed by atoms with van der Waals surface area (Å²) in [6, 6.07) is 2.36. The molecular weight excluding hydrogens is 217 g/mol. The van der Waals surface area contributed by atoms with E-state index >= 15 is 0 Å². The molecule has 13 heavy (non-hydrogen) atoms. The lowest BCUT2D eigenvalue weighted by molar-refractivity contribution is -0.384. The number of halogens is 2. The number of nitrogens with zero attached hydrogens (tertiary/aromatic N) is 1. The van der Waals surface area contributed by atoms with Crippen LogP contribution in [0.1, 0.15) is 5.56 Å². The van der Waals surface area contributed by atoms with Gasteiger partial charge in [0.15, 0.2) is 0 Å². The van der Waals surface area contributed by atoms with Gasteiger partial charge in [-0.3, -0.25) is 14.9 Å². The van der Waals surface area contributed by atoms with Crippen LogP contribution in [0.15, 0.2) is 12.1 Å². The van der Waals surface area contributed by atoms with Crippen molar-refractivity contribution in [3.8, 4) is 0 Å². The van der Waals surface area contributed by atoms with Crippen LogP contribution in [-0.2, 0) is 4.79 Å². The smallest absolute Gasteiger partial charge is 0.285 e. The summed E-state index contributed by atoms with van der Waals surface area (Å²) in [4.78, 5) is 20.0. The van der Waals surface area contributed by atoms with E-state index in [0.29, 0.717) is 0 Å². The van der Waals surface area contributed by atoms with Crippen molar-refractivity contribution in [1.82, 2.24) is 0 Å². The molecule has 0 heterocycles. The predicted molar refractivity (Wildman–Crippen MR) is 47.9 cm³/mol. The summed E-state index contributed by atoms with van der Waals surface area (Å²) < 4.78 is 0. The van der Waals surface area contributed by atoms with E-state index in [2.05, 4.69) is 0 Å². The molecule has 67 valence electrons. The molecule has 0 fully saturated rings. The number of hydrogen-bond acceptors (Lipinski definition) is 3. The van der Waals surface area contributed by atoms with E-state index in [0.717, 1.165) is 6.07 Å². The van der Waals surface area contributed by atoms with Gasteiger partial charge in [-0.05, 0) is 6.07 Å². The fourth-order valence-corrected chi connectivity index (χ4v) is 1.29. The summed E-state index contributed by atoms with van der Waals surface area (Å²) >= 11 is 11.1. The van der Waals surface area contributed by atoms with E-state index < -0.39 is 4.92 Å². The molecule has 0 saturated carbocycles. The zero-order chi connectivity index (χ0) is 10.0.